The van der Waals surface area contributed by atoms with E-state index in [0.29, 0.717) is 17.6 Å². The van der Waals surface area contributed by atoms with Gasteiger partial charge < -0.3 is 5.32 Å². The van der Waals surface area contributed by atoms with E-state index in [1.807, 2.05) is 18.2 Å². The van der Waals surface area contributed by atoms with E-state index >= 15 is 0 Å². The average Bonchev–Trinajstić information content (AvgIpc) is 2.39. The van der Waals surface area contributed by atoms with Gasteiger partial charge in [0.1, 0.15) is 0 Å². The Labute approximate surface area is 119 Å². The maximum atomic E-state index is 10.8. The van der Waals surface area contributed by atoms with Gasteiger partial charge in [0, 0.05) is 42.1 Å². The lowest BCUT2D eigenvalue weighted by atomic mass is 10.2. The zero-order valence-electron chi connectivity index (χ0n) is 10.0. The number of nitrogens with one attached hydrogen (secondary N) is 1. The summed E-state index contributed by atoms with van der Waals surface area (Å²) < 4.78 is 0.711. The van der Waals surface area contributed by atoms with Crippen LogP contribution in [0.1, 0.15) is 11.1 Å². The third-order valence-corrected chi connectivity index (χ3v) is 3.02. The molecule has 5 nitrogen and oxygen atoms in total. The molecule has 0 aliphatic rings. The van der Waals surface area contributed by atoms with Crippen molar-refractivity contribution in [1.29, 1.82) is 0 Å². The van der Waals surface area contributed by atoms with Crippen molar-refractivity contribution in [2.45, 2.75) is 13.1 Å². The van der Waals surface area contributed by atoms with Crippen LogP contribution in [-0.4, -0.2) is 9.91 Å². The minimum atomic E-state index is -0.392. The smallest absolute Gasteiger partial charge is 0.270 e. The van der Waals surface area contributed by atoms with Gasteiger partial charge in [-0.2, -0.15) is 0 Å². The van der Waals surface area contributed by atoms with E-state index in [1.54, 1.807) is 18.5 Å². The molecule has 0 amide bonds. The summed E-state index contributed by atoms with van der Waals surface area (Å²) in [5.74, 6) is 0. The number of halogens is 1. The van der Waals surface area contributed by atoms with Gasteiger partial charge in [-0.1, -0.05) is 15.9 Å². The second-order valence-electron chi connectivity index (χ2n) is 4.03. The fraction of sp³-hybridized carbons (Fsp3) is 0.154. The largest absolute Gasteiger partial charge is 0.309 e. The van der Waals surface area contributed by atoms with Crippen molar-refractivity contribution in [2.75, 3.05) is 0 Å². The molecule has 0 atom stereocenters. The van der Waals surface area contributed by atoms with Gasteiger partial charge in [0.15, 0.2) is 0 Å². The molecular weight excluding hydrogens is 310 g/mol. The number of nitrogens with zero attached hydrogens (tertiary/aromatic N) is 2. The van der Waals surface area contributed by atoms with Crippen molar-refractivity contribution < 1.29 is 4.92 Å². The van der Waals surface area contributed by atoms with Gasteiger partial charge in [-0.3, -0.25) is 15.1 Å². The highest BCUT2D eigenvalue weighted by Crippen LogP contribution is 2.21. The van der Waals surface area contributed by atoms with Crippen molar-refractivity contribution >= 4 is 21.6 Å². The van der Waals surface area contributed by atoms with E-state index in [9.17, 15) is 10.1 Å². The Morgan fingerprint density at radius 3 is 2.53 bits per heavy atom. The van der Waals surface area contributed by atoms with Gasteiger partial charge >= 0.3 is 0 Å². The van der Waals surface area contributed by atoms with Crippen LogP contribution in [0.25, 0.3) is 0 Å². The molecular formula is C13H12BrN3O2. The van der Waals surface area contributed by atoms with Crippen LogP contribution >= 0.6 is 15.9 Å². The third-order valence-electron chi connectivity index (χ3n) is 2.56. The van der Waals surface area contributed by atoms with E-state index in [0.717, 1.165) is 11.1 Å². The molecule has 0 saturated carbocycles. The lowest BCUT2D eigenvalue weighted by molar-refractivity contribution is -0.385. The number of nitro benzene ring substituents is 1. The average molecular weight is 322 g/mol. The second kappa shape index (κ2) is 6.40. The number of aromatic nitrogens is 1. The maximum absolute atomic E-state index is 10.8. The van der Waals surface area contributed by atoms with Crippen LogP contribution in [0.4, 0.5) is 5.69 Å². The molecule has 0 aliphatic heterocycles. The minimum Gasteiger partial charge on any atom is -0.309 e. The van der Waals surface area contributed by atoms with Crippen LogP contribution in [0, 0.1) is 10.1 Å². The first-order chi connectivity index (χ1) is 9.15. The first-order valence-corrected chi connectivity index (χ1v) is 6.48. The summed E-state index contributed by atoms with van der Waals surface area (Å²) >= 11 is 3.28. The zero-order valence-corrected chi connectivity index (χ0v) is 11.6. The quantitative estimate of drug-likeness (QED) is 0.679. The molecule has 1 N–H and O–H groups in total. The first-order valence-electron chi connectivity index (χ1n) is 5.68. The predicted molar refractivity (Wildman–Crippen MR) is 75.6 cm³/mol. The highest BCUT2D eigenvalue weighted by molar-refractivity contribution is 9.10. The van der Waals surface area contributed by atoms with Crippen molar-refractivity contribution in [3.8, 4) is 0 Å². The summed E-state index contributed by atoms with van der Waals surface area (Å²) in [7, 11) is 0. The summed E-state index contributed by atoms with van der Waals surface area (Å²) in [5.41, 5.74) is 2.09. The minimum absolute atomic E-state index is 0.0927. The number of non-ortho nitro benzene ring substituents is 1. The van der Waals surface area contributed by atoms with Crippen LogP contribution in [0.15, 0.2) is 47.2 Å². The number of hydrogen-bond donors (Lipinski definition) is 1. The van der Waals surface area contributed by atoms with Crippen molar-refractivity contribution in [3.63, 3.8) is 0 Å². The van der Waals surface area contributed by atoms with Gasteiger partial charge in [-0.25, -0.2) is 0 Å². The lowest BCUT2D eigenvalue weighted by Crippen LogP contribution is -2.12. The molecule has 98 valence electrons. The number of nitro groups is 1. The molecule has 2 aromatic rings. The SMILES string of the molecule is O=[N+]([O-])c1cc(Br)cc(CNCc2ccncc2)c1. The van der Waals surface area contributed by atoms with E-state index in [1.165, 1.54) is 6.07 Å². The molecule has 0 saturated heterocycles. The second-order valence-corrected chi connectivity index (χ2v) is 4.95. The van der Waals surface area contributed by atoms with Crippen LogP contribution in [0.3, 0.4) is 0 Å². The molecule has 6 heteroatoms. The van der Waals surface area contributed by atoms with Gasteiger partial charge in [0.25, 0.3) is 5.69 Å². The molecule has 2 rings (SSSR count). The van der Waals surface area contributed by atoms with E-state index in [2.05, 4.69) is 26.2 Å². The third kappa shape index (κ3) is 4.11. The van der Waals surface area contributed by atoms with Crippen molar-refractivity contribution in [1.82, 2.24) is 10.3 Å². The molecule has 0 spiro atoms. The Morgan fingerprint density at radius 1 is 1.16 bits per heavy atom. The summed E-state index contributed by atoms with van der Waals surface area (Å²) in [5, 5.41) is 14.0. The number of hydrogen-bond acceptors (Lipinski definition) is 4. The molecule has 1 aromatic heterocycles. The Morgan fingerprint density at radius 2 is 1.84 bits per heavy atom. The van der Waals surface area contributed by atoms with E-state index in [-0.39, 0.29) is 5.69 Å². The maximum Gasteiger partial charge on any atom is 0.270 e. The predicted octanol–water partition coefficient (Wildman–Crippen LogP) is 3.04. The zero-order chi connectivity index (χ0) is 13.7. The fourth-order valence-corrected chi connectivity index (χ4v) is 2.22. The van der Waals surface area contributed by atoms with Crippen molar-refractivity contribution in [2.24, 2.45) is 0 Å². The van der Waals surface area contributed by atoms with Gasteiger partial charge in [0.2, 0.25) is 0 Å². The Bertz CT molecular complexity index is 575. The molecule has 19 heavy (non-hydrogen) atoms. The Kier molecular flexibility index (Phi) is 4.59. The lowest BCUT2D eigenvalue weighted by Gasteiger charge is -2.05. The molecule has 1 aromatic carbocycles. The summed E-state index contributed by atoms with van der Waals surface area (Å²) in [6, 6.07) is 8.79. The standard InChI is InChI=1S/C13H12BrN3O2/c14-12-5-11(6-13(7-12)17(18)19)9-16-8-10-1-3-15-4-2-10/h1-7,16H,8-9H2. The first kappa shape index (κ1) is 13.6. The highest BCUT2D eigenvalue weighted by atomic mass is 79.9. The molecule has 1 heterocycles. The Hall–Kier alpha value is -1.79. The van der Waals surface area contributed by atoms with Crippen LogP contribution in [0.5, 0.6) is 0 Å². The number of benzene rings is 1. The van der Waals surface area contributed by atoms with E-state index in [4.69, 9.17) is 0 Å². The normalized spacial score (nSPS) is 10.4. The summed E-state index contributed by atoms with van der Waals surface area (Å²) in [6.45, 7) is 1.27. The Balaban J connectivity index is 1.98. The van der Waals surface area contributed by atoms with Gasteiger partial charge in [-0.05, 0) is 29.3 Å². The van der Waals surface area contributed by atoms with Crippen LogP contribution in [0.2, 0.25) is 0 Å². The number of rotatable bonds is 5. The molecule has 0 radical (unpaired) electrons. The van der Waals surface area contributed by atoms with Crippen LogP contribution < -0.4 is 5.32 Å². The van der Waals surface area contributed by atoms with Crippen molar-refractivity contribution in [3.05, 3.63) is 68.4 Å². The highest BCUT2D eigenvalue weighted by Gasteiger charge is 2.08. The topological polar surface area (TPSA) is 68.1 Å². The fourth-order valence-electron chi connectivity index (χ4n) is 1.69. The van der Waals surface area contributed by atoms with Gasteiger partial charge in [0.05, 0.1) is 4.92 Å². The summed E-state index contributed by atoms with van der Waals surface area (Å²) in [6.07, 6.45) is 3.47. The molecule has 0 fully saturated rings. The van der Waals surface area contributed by atoms with Crippen LogP contribution in [-0.2, 0) is 13.1 Å². The monoisotopic (exact) mass is 321 g/mol. The summed E-state index contributed by atoms with van der Waals surface area (Å²) in [4.78, 5) is 14.3. The number of pyridine rings is 1. The molecule has 0 aliphatic carbocycles. The molecule has 0 bridgehead atoms. The van der Waals surface area contributed by atoms with E-state index < -0.39 is 4.92 Å². The van der Waals surface area contributed by atoms with Gasteiger partial charge in [-0.15, -0.1) is 0 Å². The molecule has 0 unspecified atom stereocenters.